The number of ether oxygens (including phenoxy) is 1. The first kappa shape index (κ1) is 20.6. The van der Waals surface area contributed by atoms with Crippen LogP contribution in [0.1, 0.15) is 31.7 Å². The lowest BCUT2D eigenvalue weighted by Gasteiger charge is -2.16. The van der Waals surface area contributed by atoms with Gasteiger partial charge < -0.3 is 10.1 Å². The van der Waals surface area contributed by atoms with Crippen LogP contribution < -0.4 is 10.5 Å². The lowest BCUT2D eigenvalue weighted by molar-refractivity contribution is -0.153. The van der Waals surface area contributed by atoms with E-state index in [1.807, 2.05) is 37.3 Å². The molecule has 0 aliphatic rings. The van der Waals surface area contributed by atoms with Gasteiger partial charge in [0.25, 0.3) is 5.91 Å². The summed E-state index contributed by atoms with van der Waals surface area (Å²) in [4.78, 5) is 24.2. The maximum Gasteiger partial charge on any atom is 0.307 e. The van der Waals surface area contributed by atoms with Gasteiger partial charge >= 0.3 is 5.97 Å². The fourth-order valence-corrected chi connectivity index (χ4v) is 2.94. The molecule has 2 aromatic rings. The number of sulfonamides is 1. The van der Waals surface area contributed by atoms with Crippen LogP contribution in [0.25, 0.3) is 0 Å². The third-order valence-electron chi connectivity index (χ3n) is 3.97. The molecule has 0 aliphatic heterocycles. The largest absolute Gasteiger partial charge is 0.453 e. The Labute approximate surface area is 158 Å². The normalized spacial score (nSPS) is 13.4. The number of nitrogens with two attached hydrogens (primary N) is 1. The highest BCUT2D eigenvalue weighted by molar-refractivity contribution is 7.89. The number of nitrogens with one attached hydrogen (secondary N) is 1. The number of esters is 1. The molecule has 0 fully saturated rings. The summed E-state index contributed by atoms with van der Waals surface area (Å²) in [6.45, 7) is 3.38. The Kier molecular flexibility index (Phi) is 6.70. The molecular weight excluding hydrogens is 368 g/mol. The molecule has 8 heteroatoms. The van der Waals surface area contributed by atoms with Crippen molar-refractivity contribution in [3.63, 3.8) is 0 Å². The van der Waals surface area contributed by atoms with Gasteiger partial charge in [-0.15, -0.1) is 0 Å². The van der Waals surface area contributed by atoms with E-state index in [4.69, 9.17) is 9.88 Å². The van der Waals surface area contributed by atoms with Gasteiger partial charge in [-0.2, -0.15) is 0 Å². The standard InChI is InChI=1S/C19H22N2O5S/c1-13(15-6-4-3-5-7-15)12-18(22)26-14(2)19(23)21-16-8-10-17(11-9-16)27(20,24)25/h3-11,13-14H,12H2,1-2H3,(H,21,23)(H2,20,24,25). The van der Waals surface area contributed by atoms with Crippen LogP contribution in [0, 0.1) is 0 Å². The van der Waals surface area contributed by atoms with Gasteiger partial charge in [0.05, 0.1) is 11.3 Å². The Bertz CT molecular complexity index is 895. The number of hydrogen-bond acceptors (Lipinski definition) is 5. The first-order chi connectivity index (χ1) is 12.7. The van der Waals surface area contributed by atoms with Crippen molar-refractivity contribution in [2.75, 3.05) is 5.32 Å². The number of primary sulfonamides is 1. The molecule has 0 spiro atoms. The molecule has 2 unspecified atom stereocenters. The molecule has 2 atom stereocenters. The van der Waals surface area contributed by atoms with Gasteiger partial charge in [-0.1, -0.05) is 37.3 Å². The van der Waals surface area contributed by atoms with Crippen molar-refractivity contribution < 1.29 is 22.7 Å². The zero-order valence-electron chi connectivity index (χ0n) is 15.1. The summed E-state index contributed by atoms with van der Waals surface area (Å²) < 4.78 is 27.6. The average Bonchev–Trinajstić information content (AvgIpc) is 2.62. The summed E-state index contributed by atoms with van der Waals surface area (Å²) in [6.07, 6.45) is -0.830. The smallest absolute Gasteiger partial charge is 0.307 e. The quantitative estimate of drug-likeness (QED) is 0.704. The first-order valence-electron chi connectivity index (χ1n) is 8.35. The van der Waals surface area contributed by atoms with Gasteiger partial charge in [-0.25, -0.2) is 13.6 Å². The monoisotopic (exact) mass is 390 g/mol. The van der Waals surface area contributed by atoms with Gasteiger partial charge in [0, 0.05) is 5.69 Å². The van der Waals surface area contributed by atoms with Gasteiger partial charge in [-0.3, -0.25) is 9.59 Å². The van der Waals surface area contributed by atoms with E-state index in [1.54, 1.807) is 0 Å². The fourth-order valence-electron chi connectivity index (χ4n) is 2.42. The molecule has 27 heavy (non-hydrogen) atoms. The van der Waals surface area contributed by atoms with Gasteiger partial charge in [0.2, 0.25) is 10.0 Å². The average molecular weight is 390 g/mol. The Hall–Kier alpha value is -2.71. The minimum atomic E-state index is -3.80. The van der Waals surface area contributed by atoms with Crippen molar-refractivity contribution in [3.05, 3.63) is 60.2 Å². The number of rotatable bonds is 7. The van der Waals surface area contributed by atoms with Crippen molar-refractivity contribution in [3.8, 4) is 0 Å². The summed E-state index contributed by atoms with van der Waals surface area (Å²) in [5.41, 5.74) is 1.38. The SMILES string of the molecule is CC(OC(=O)CC(C)c1ccccc1)C(=O)Nc1ccc(S(N)(=O)=O)cc1. The third-order valence-corrected chi connectivity index (χ3v) is 4.90. The van der Waals surface area contributed by atoms with Crippen LogP contribution in [0.3, 0.4) is 0 Å². The second-order valence-electron chi connectivity index (χ2n) is 6.21. The molecule has 0 aromatic heterocycles. The summed E-state index contributed by atoms with van der Waals surface area (Å²) in [5, 5.41) is 7.58. The molecule has 144 valence electrons. The zero-order chi connectivity index (χ0) is 20.0. The maximum atomic E-state index is 12.2. The second-order valence-corrected chi connectivity index (χ2v) is 7.77. The zero-order valence-corrected chi connectivity index (χ0v) is 15.9. The van der Waals surface area contributed by atoms with Crippen molar-refractivity contribution in [2.24, 2.45) is 5.14 Å². The number of hydrogen-bond donors (Lipinski definition) is 2. The summed E-state index contributed by atoms with van der Waals surface area (Å²) in [7, 11) is -3.80. The molecule has 0 saturated heterocycles. The minimum absolute atomic E-state index is 0.0280. The van der Waals surface area contributed by atoms with Crippen LogP contribution in [0.5, 0.6) is 0 Å². The van der Waals surface area contributed by atoms with Gasteiger partial charge in [0.1, 0.15) is 0 Å². The van der Waals surface area contributed by atoms with Crippen molar-refractivity contribution in [1.82, 2.24) is 0 Å². The molecule has 1 amide bonds. The number of carbonyl (C=O) groups excluding carboxylic acids is 2. The number of carbonyl (C=O) groups is 2. The van der Waals surface area contributed by atoms with Gasteiger partial charge in [-0.05, 0) is 42.7 Å². The van der Waals surface area contributed by atoms with Crippen LogP contribution in [0.15, 0.2) is 59.5 Å². The van der Waals surface area contributed by atoms with E-state index in [0.717, 1.165) is 5.56 Å². The Morgan fingerprint density at radius 3 is 2.19 bits per heavy atom. The van der Waals surface area contributed by atoms with E-state index in [0.29, 0.717) is 5.69 Å². The van der Waals surface area contributed by atoms with E-state index in [1.165, 1.54) is 31.2 Å². The Morgan fingerprint density at radius 2 is 1.63 bits per heavy atom. The molecule has 0 saturated carbocycles. The van der Waals surface area contributed by atoms with Crippen molar-refractivity contribution >= 4 is 27.6 Å². The highest BCUT2D eigenvalue weighted by Crippen LogP contribution is 2.19. The third kappa shape index (κ3) is 6.19. The predicted octanol–water partition coefficient (Wildman–Crippen LogP) is 2.40. The topological polar surface area (TPSA) is 116 Å². The number of benzene rings is 2. The van der Waals surface area contributed by atoms with Crippen molar-refractivity contribution in [1.29, 1.82) is 0 Å². The van der Waals surface area contributed by atoms with E-state index in [9.17, 15) is 18.0 Å². The molecule has 0 aliphatic carbocycles. The summed E-state index contributed by atoms with van der Waals surface area (Å²) >= 11 is 0. The molecule has 2 rings (SSSR count). The van der Waals surface area contributed by atoms with Crippen LogP contribution in [-0.2, 0) is 24.3 Å². The minimum Gasteiger partial charge on any atom is -0.453 e. The van der Waals surface area contributed by atoms with E-state index in [2.05, 4.69) is 5.32 Å². The summed E-state index contributed by atoms with van der Waals surface area (Å²) in [5.74, 6) is -1.02. The van der Waals surface area contributed by atoms with E-state index in [-0.39, 0.29) is 17.2 Å². The molecule has 3 N–H and O–H groups in total. The molecular formula is C19H22N2O5S. The lowest BCUT2D eigenvalue weighted by Crippen LogP contribution is -2.30. The Balaban J connectivity index is 1.88. The van der Waals surface area contributed by atoms with Crippen LogP contribution in [-0.4, -0.2) is 26.4 Å². The van der Waals surface area contributed by atoms with E-state index < -0.39 is 28.0 Å². The fraction of sp³-hybridized carbons (Fsp3) is 0.263. The Morgan fingerprint density at radius 1 is 1.04 bits per heavy atom. The molecule has 0 radical (unpaired) electrons. The molecule has 2 aromatic carbocycles. The van der Waals surface area contributed by atoms with Crippen molar-refractivity contribution in [2.45, 2.75) is 37.2 Å². The number of anilines is 1. The lowest BCUT2D eigenvalue weighted by atomic mass is 9.98. The molecule has 0 bridgehead atoms. The predicted molar refractivity (Wildman–Crippen MR) is 101 cm³/mol. The maximum absolute atomic E-state index is 12.2. The second kappa shape index (κ2) is 8.79. The molecule has 0 heterocycles. The highest BCUT2D eigenvalue weighted by atomic mass is 32.2. The summed E-state index contributed by atoms with van der Waals surface area (Å²) in [6, 6.07) is 14.9. The van der Waals surface area contributed by atoms with E-state index >= 15 is 0 Å². The van der Waals surface area contributed by atoms with Crippen LogP contribution >= 0.6 is 0 Å². The van der Waals surface area contributed by atoms with Crippen LogP contribution in [0.4, 0.5) is 5.69 Å². The van der Waals surface area contributed by atoms with Crippen LogP contribution in [0.2, 0.25) is 0 Å². The molecule has 7 nitrogen and oxygen atoms in total. The number of amides is 1. The van der Waals surface area contributed by atoms with Gasteiger partial charge in [0.15, 0.2) is 6.10 Å². The highest BCUT2D eigenvalue weighted by Gasteiger charge is 2.20. The first-order valence-corrected chi connectivity index (χ1v) is 9.89.